The van der Waals surface area contributed by atoms with E-state index in [-0.39, 0.29) is 6.04 Å². The molecule has 112 valence electrons. The molecule has 0 aromatic heterocycles. The lowest BCUT2D eigenvalue weighted by Gasteiger charge is -2.28. The fourth-order valence-electron chi connectivity index (χ4n) is 3.01. The third-order valence-corrected chi connectivity index (χ3v) is 4.16. The minimum absolute atomic E-state index is 0.110. The summed E-state index contributed by atoms with van der Waals surface area (Å²) >= 11 is 0. The summed E-state index contributed by atoms with van der Waals surface area (Å²) in [5.74, 6) is 1.63. The summed E-state index contributed by atoms with van der Waals surface area (Å²) in [6, 6.07) is -0.110. The Hall–Kier alpha value is -1.36. The van der Waals surface area contributed by atoms with Crippen molar-refractivity contribution >= 4 is 12.1 Å². The Labute approximate surface area is 121 Å². The average Bonchev–Trinajstić information content (AvgIpc) is 2.98. The molecule has 1 fully saturated rings. The van der Waals surface area contributed by atoms with Crippen molar-refractivity contribution in [3.63, 3.8) is 0 Å². The fourth-order valence-corrected chi connectivity index (χ4v) is 3.01. The third-order valence-electron chi connectivity index (χ3n) is 4.16. The van der Waals surface area contributed by atoms with E-state index < -0.39 is 5.54 Å². The van der Waals surface area contributed by atoms with Gasteiger partial charge in [-0.05, 0) is 25.2 Å². The van der Waals surface area contributed by atoms with Crippen LogP contribution in [0.15, 0.2) is 17.3 Å². The molecule has 0 spiro atoms. The molecule has 2 heterocycles. The Balaban J connectivity index is 1.98. The number of allylic oxidation sites excluding steroid dienone is 1. The highest BCUT2D eigenvalue weighted by Gasteiger charge is 2.40. The van der Waals surface area contributed by atoms with Gasteiger partial charge in [0.05, 0.1) is 12.6 Å². The molecule has 0 unspecified atom stereocenters. The van der Waals surface area contributed by atoms with Crippen LogP contribution < -0.4 is 16.4 Å². The normalized spacial score (nSPS) is 30.9. The first kappa shape index (κ1) is 15.0. The monoisotopic (exact) mass is 278 g/mol. The molecule has 0 aromatic rings. The van der Waals surface area contributed by atoms with Crippen molar-refractivity contribution < 1.29 is 4.79 Å². The second kappa shape index (κ2) is 5.95. The molecule has 0 amide bonds. The van der Waals surface area contributed by atoms with Crippen LogP contribution in [-0.4, -0.2) is 36.8 Å². The van der Waals surface area contributed by atoms with Crippen molar-refractivity contribution in [3.05, 3.63) is 12.3 Å². The smallest absolute Gasteiger partial charge is 0.147 e. The number of carbonyl (C=O) groups excluding carboxylic acids is 1. The molecule has 0 saturated carbocycles. The maximum atomic E-state index is 11.6. The van der Waals surface area contributed by atoms with Crippen LogP contribution >= 0.6 is 0 Å². The molecule has 5 nitrogen and oxygen atoms in total. The second-order valence-electron chi connectivity index (χ2n) is 6.48. The van der Waals surface area contributed by atoms with Crippen LogP contribution in [0.25, 0.3) is 0 Å². The van der Waals surface area contributed by atoms with Crippen LogP contribution in [0, 0.1) is 11.8 Å². The SMILES string of the molecule is C=C1NCC[C@H]1C[C@@]1(C=O)CN=C([C@@H](N)CC(C)C)N1. The Kier molecular flexibility index (Phi) is 4.48. The second-order valence-corrected chi connectivity index (χ2v) is 6.48. The van der Waals surface area contributed by atoms with Gasteiger partial charge in [-0.1, -0.05) is 20.4 Å². The van der Waals surface area contributed by atoms with Crippen molar-refractivity contribution in [3.8, 4) is 0 Å². The molecule has 20 heavy (non-hydrogen) atoms. The molecule has 0 aromatic carbocycles. The summed E-state index contributed by atoms with van der Waals surface area (Å²) in [5, 5.41) is 6.54. The van der Waals surface area contributed by atoms with E-state index in [0.29, 0.717) is 18.4 Å². The summed E-state index contributed by atoms with van der Waals surface area (Å²) in [5.41, 5.74) is 6.59. The number of amidine groups is 1. The molecule has 5 heteroatoms. The minimum atomic E-state index is -0.594. The van der Waals surface area contributed by atoms with Gasteiger partial charge in [-0.15, -0.1) is 0 Å². The molecule has 1 saturated heterocycles. The van der Waals surface area contributed by atoms with Gasteiger partial charge in [0.15, 0.2) is 0 Å². The molecule has 2 aliphatic rings. The van der Waals surface area contributed by atoms with Gasteiger partial charge in [0.1, 0.15) is 17.7 Å². The van der Waals surface area contributed by atoms with Crippen molar-refractivity contribution in [2.24, 2.45) is 22.6 Å². The van der Waals surface area contributed by atoms with Crippen molar-refractivity contribution in [1.82, 2.24) is 10.6 Å². The Morgan fingerprint density at radius 2 is 2.35 bits per heavy atom. The molecule has 2 rings (SSSR count). The van der Waals surface area contributed by atoms with Gasteiger partial charge in [0.2, 0.25) is 0 Å². The minimum Gasteiger partial charge on any atom is -0.389 e. The first-order chi connectivity index (χ1) is 9.46. The lowest BCUT2D eigenvalue weighted by Crippen LogP contribution is -2.52. The van der Waals surface area contributed by atoms with Gasteiger partial charge in [0.25, 0.3) is 0 Å². The summed E-state index contributed by atoms with van der Waals surface area (Å²) in [4.78, 5) is 16.1. The van der Waals surface area contributed by atoms with E-state index in [1.54, 1.807) is 0 Å². The highest BCUT2D eigenvalue weighted by Crippen LogP contribution is 2.29. The first-order valence-corrected chi connectivity index (χ1v) is 7.43. The van der Waals surface area contributed by atoms with Crippen molar-refractivity contribution in [2.45, 2.75) is 44.7 Å². The van der Waals surface area contributed by atoms with Crippen LogP contribution in [0.2, 0.25) is 0 Å². The fraction of sp³-hybridized carbons (Fsp3) is 0.733. The van der Waals surface area contributed by atoms with Crippen LogP contribution in [0.4, 0.5) is 0 Å². The summed E-state index contributed by atoms with van der Waals surface area (Å²) < 4.78 is 0. The molecular formula is C15H26N4O. The van der Waals surface area contributed by atoms with E-state index in [1.165, 1.54) is 0 Å². The van der Waals surface area contributed by atoms with Crippen molar-refractivity contribution in [1.29, 1.82) is 0 Å². The molecule has 4 N–H and O–H groups in total. The molecular weight excluding hydrogens is 252 g/mol. The third kappa shape index (κ3) is 3.20. The van der Waals surface area contributed by atoms with Crippen LogP contribution in [0.3, 0.4) is 0 Å². The maximum Gasteiger partial charge on any atom is 0.147 e. The van der Waals surface area contributed by atoms with E-state index in [9.17, 15) is 4.79 Å². The number of aliphatic imine (C=N–C) groups is 1. The van der Waals surface area contributed by atoms with Crippen molar-refractivity contribution in [2.75, 3.05) is 13.1 Å². The van der Waals surface area contributed by atoms with Gasteiger partial charge in [-0.3, -0.25) is 4.99 Å². The zero-order chi connectivity index (χ0) is 14.8. The standard InChI is InChI=1S/C15H26N4O/c1-10(2)6-13(16)14-18-8-15(9-20,19-14)7-12-4-5-17-11(12)3/h9-10,12-13,17H,3-8,16H2,1-2H3,(H,18,19)/t12-,13-,15-/m0/s1. The average molecular weight is 278 g/mol. The van der Waals surface area contributed by atoms with E-state index >= 15 is 0 Å². The quantitative estimate of drug-likeness (QED) is 0.628. The number of hydrogen-bond acceptors (Lipinski definition) is 5. The van der Waals surface area contributed by atoms with Gasteiger partial charge in [-0.2, -0.15) is 0 Å². The lowest BCUT2D eigenvalue weighted by molar-refractivity contribution is -0.112. The first-order valence-electron chi connectivity index (χ1n) is 7.43. The predicted molar refractivity (Wildman–Crippen MR) is 81.5 cm³/mol. The molecule has 0 aliphatic carbocycles. The number of rotatable bonds is 6. The number of carbonyl (C=O) groups is 1. The number of nitrogens with zero attached hydrogens (tertiary/aromatic N) is 1. The maximum absolute atomic E-state index is 11.6. The van der Waals surface area contributed by atoms with E-state index in [1.807, 2.05) is 0 Å². The zero-order valence-electron chi connectivity index (χ0n) is 12.5. The number of nitrogens with two attached hydrogens (primary N) is 1. The zero-order valence-corrected chi connectivity index (χ0v) is 12.5. The summed E-state index contributed by atoms with van der Waals surface area (Å²) in [7, 11) is 0. The van der Waals surface area contributed by atoms with Gasteiger partial charge < -0.3 is 21.2 Å². The van der Waals surface area contributed by atoms with E-state index in [2.05, 4.69) is 36.1 Å². The van der Waals surface area contributed by atoms with E-state index in [4.69, 9.17) is 5.73 Å². The molecule has 2 aliphatic heterocycles. The van der Waals surface area contributed by atoms with Gasteiger partial charge in [0, 0.05) is 18.2 Å². The largest absolute Gasteiger partial charge is 0.389 e. The number of aldehydes is 1. The summed E-state index contributed by atoms with van der Waals surface area (Å²) in [6.07, 6.45) is 3.64. The topological polar surface area (TPSA) is 79.5 Å². The highest BCUT2D eigenvalue weighted by atomic mass is 16.1. The summed E-state index contributed by atoms with van der Waals surface area (Å²) in [6.45, 7) is 9.72. The Morgan fingerprint density at radius 1 is 1.60 bits per heavy atom. The Morgan fingerprint density at radius 3 is 2.90 bits per heavy atom. The molecule has 0 bridgehead atoms. The van der Waals surface area contributed by atoms with Gasteiger partial charge >= 0.3 is 0 Å². The van der Waals surface area contributed by atoms with Gasteiger partial charge in [-0.25, -0.2) is 0 Å². The lowest BCUT2D eigenvalue weighted by atomic mass is 9.87. The van der Waals surface area contributed by atoms with Crippen LogP contribution in [0.5, 0.6) is 0 Å². The molecule has 0 radical (unpaired) electrons. The number of hydrogen-bond donors (Lipinski definition) is 3. The highest BCUT2D eigenvalue weighted by molar-refractivity contribution is 5.93. The predicted octanol–water partition coefficient (Wildman–Crippen LogP) is 0.813. The van der Waals surface area contributed by atoms with Crippen LogP contribution in [-0.2, 0) is 4.79 Å². The Bertz CT molecular complexity index is 418. The molecule has 3 atom stereocenters. The van der Waals surface area contributed by atoms with Crippen LogP contribution in [0.1, 0.15) is 33.1 Å². The van der Waals surface area contributed by atoms with E-state index in [0.717, 1.165) is 43.6 Å². The number of nitrogens with one attached hydrogen (secondary N) is 2.